The van der Waals surface area contributed by atoms with Gasteiger partial charge in [0.1, 0.15) is 0 Å². The second-order valence-electron chi connectivity index (χ2n) is 4.58. The van der Waals surface area contributed by atoms with Crippen LogP contribution in [0.25, 0.3) is 0 Å². The number of amides is 1. The average molecular weight is 222 g/mol. The molecule has 2 heterocycles. The Balaban J connectivity index is 2.19. The van der Waals surface area contributed by atoms with Crippen LogP contribution in [0.3, 0.4) is 0 Å². The molecule has 0 spiro atoms. The summed E-state index contributed by atoms with van der Waals surface area (Å²) in [5.74, 6) is 0.874. The van der Waals surface area contributed by atoms with Crippen molar-refractivity contribution in [1.29, 1.82) is 0 Å². The van der Waals surface area contributed by atoms with Crippen molar-refractivity contribution in [3.63, 3.8) is 0 Å². The number of piperidine rings is 1. The van der Waals surface area contributed by atoms with E-state index in [9.17, 15) is 4.79 Å². The summed E-state index contributed by atoms with van der Waals surface area (Å²) in [7, 11) is 0. The molecule has 88 valence electrons. The van der Waals surface area contributed by atoms with Gasteiger partial charge in [0.15, 0.2) is 5.89 Å². The van der Waals surface area contributed by atoms with Gasteiger partial charge < -0.3 is 9.32 Å². The Kier molecular flexibility index (Phi) is 2.99. The van der Waals surface area contributed by atoms with Crippen LogP contribution in [0.5, 0.6) is 0 Å². The highest BCUT2D eigenvalue weighted by Crippen LogP contribution is 2.24. The molecule has 0 saturated carbocycles. The zero-order valence-electron chi connectivity index (χ0n) is 10.1. The standard InChI is InChI=1S/C12H18N2O2/c1-8-5-4-6-9(2)14(8)12(15)11-7-13-10(3)16-11/h7-9H,4-6H2,1-3H3. The predicted molar refractivity (Wildman–Crippen MR) is 60.2 cm³/mol. The second-order valence-corrected chi connectivity index (χ2v) is 4.58. The highest BCUT2D eigenvalue weighted by atomic mass is 16.4. The molecule has 4 nitrogen and oxygen atoms in total. The second kappa shape index (κ2) is 4.28. The molecule has 1 aliphatic heterocycles. The van der Waals surface area contributed by atoms with Crippen LogP contribution in [0, 0.1) is 6.92 Å². The van der Waals surface area contributed by atoms with Crippen molar-refractivity contribution in [1.82, 2.24) is 9.88 Å². The number of carbonyl (C=O) groups excluding carboxylic acids is 1. The summed E-state index contributed by atoms with van der Waals surface area (Å²) in [6, 6.07) is 0.586. The highest BCUT2D eigenvalue weighted by molar-refractivity contribution is 5.91. The molecule has 2 rings (SSSR count). The van der Waals surface area contributed by atoms with Crippen molar-refractivity contribution >= 4 is 5.91 Å². The molecule has 0 bridgehead atoms. The molecular weight excluding hydrogens is 204 g/mol. The first kappa shape index (κ1) is 11.2. The summed E-state index contributed by atoms with van der Waals surface area (Å²) < 4.78 is 5.29. The Hall–Kier alpha value is -1.32. The summed E-state index contributed by atoms with van der Waals surface area (Å²) in [5, 5.41) is 0. The van der Waals surface area contributed by atoms with Crippen LogP contribution in [0.4, 0.5) is 0 Å². The summed E-state index contributed by atoms with van der Waals surface area (Å²) in [6.07, 6.45) is 4.86. The summed E-state index contributed by atoms with van der Waals surface area (Å²) in [6.45, 7) is 5.94. The van der Waals surface area contributed by atoms with Crippen LogP contribution < -0.4 is 0 Å². The van der Waals surface area contributed by atoms with Crippen LogP contribution in [-0.2, 0) is 0 Å². The Morgan fingerprint density at radius 1 is 1.44 bits per heavy atom. The van der Waals surface area contributed by atoms with Gasteiger partial charge in [-0.05, 0) is 33.1 Å². The van der Waals surface area contributed by atoms with E-state index in [0.29, 0.717) is 23.7 Å². The third kappa shape index (κ3) is 1.96. The molecule has 1 fully saturated rings. The topological polar surface area (TPSA) is 46.3 Å². The van der Waals surface area contributed by atoms with E-state index < -0.39 is 0 Å². The van der Waals surface area contributed by atoms with Gasteiger partial charge >= 0.3 is 0 Å². The molecule has 1 saturated heterocycles. The largest absolute Gasteiger partial charge is 0.436 e. The summed E-state index contributed by atoms with van der Waals surface area (Å²) >= 11 is 0. The van der Waals surface area contributed by atoms with E-state index in [-0.39, 0.29) is 5.91 Å². The van der Waals surface area contributed by atoms with E-state index >= 15 is 0 Å². The van der Waals surface area contributed by atoms with Crippen molar-refractivity contribution in [3.05, 3.63) is 17.8 Å². The normalized spacial score (nSPS) is 25.8. The van der Waals surface area contributed by atoms with Gasteiger partial charge in [0.05, 0.1) is 6.20 Å². The summed E-state index contributed by atoms with van der Waals surface area (Å²) in [4.78, 5) is 18.1. The molecule has 0 aromatic carbocycles. The molecule has 0 radical (unpaired) electrons. The molecule has 2 unspecified atom stereocenters. The predicted octanol–water partition coefficient (Wildman–Crippen LogP) is 2.39. The smallest absolute Gasteiger partial charge is 0.291 e. The van der Waals surface area contributed by atoms with Crippen LogP contribution in [0.2, 0.25) is 0 Å². The number of nitrogens with zero attached hydrogens (tertiary/aromatic N) is 2. The van der Waals surface area contributed by atoms with Crippen LogP contribution in [-0.4, -0.2) is 27.9 Å². The lowest BCUT2D eigenvalue weighted by Crippen LogP contribution is -2.47. The Bertz CT molecular complexity index is 376. The summed E-state index contributed by atoms with van der Waals surface area (Å²) in [5.41, 5.74) is 0. The van der Waals surface area contributed by atoms with Gasteiger partial charge in [0.2, 0.25) is 5.76 Å². The first-order chi connectivity index (χ1) is 7.59. The number of oxazole rings is 1. The molecule has 1 aromatic heterocycles. The Morgan fingerprint density at radius 3 is 2.56 bits per heavy atom. The lowest BCUT2D eigenvalue weighted by molar-refractivity contribution is 0.0477. The number of hydrogen-bond donors (Lipinski definition) is 0. The van der Waals surface area contributed by atoms with E-state index in [1.54, 1.807) is 6.92 Å². The zero-order chi connectivity index (χ0) is 11.7. The maximum absolute atomic E-state index is 12.2. The number of rotatable bonds is 1. The van der Waals surface area contributed by atoms with Crippen molar-refractivity contribution < 1.29 is 9.21 Å². The van der Waals surface area contributed by atoms with Crippen LogP contribution in [0.1, 0.15) is 49.6 Å². The fourth-order valence-electron chi connectivity index (χ4n) is 2.41. The molecule has 0 aliphatic carbocycles. The SMILES string of the molecule is Cc1ncc(C(=O)N2C(C)CCCC2C)o1. The molecule has 16 heavy (non-hydrogen) atoms. The fourth-order valence-corrected chi connectivity index (χ4v) is 2.41. The average Bonchev–Trinajstić information content (AvgIpc) is 2.64. The molecule has 2 atom stereocenters. The molecule has 1 amide bonds. The number of aromatic nitrogens is 1. The number of likely N-dealkylation sites (tertiary alicyclic amines) is 1. The molecule has 4 heteroatoms. The quantitative estimate of drug-likeness (QED) is 0.733. The number of carbonyl (C=O) groups is 1. The van der Waals surface area contributed by atoms with Gasteiger partial charge in [-0.2, -0.15) is 0 Å². The van der Waals surface area contributed by atoms with Gasteiger partial charge in [0.25, 0.3) is 5.91 Å². The number of hydrogen-bond acceptors (Lipinski definition) is 3. The van der Waals surface area contributed by atoms with E-state index in [2.05, 4.69) is 18.8 Å². The van der Waals surface area contributed by atoms with Gasteiger partial charge in [-0.15, -0.1) is 0 Å². The fraction of sp³-hybridized carbons (Fsp3) is 0.667. The third-order valence-electron chi connectivity index (χ3n) is 3.26. The minimum Gasteiger partial charge on any atom is -0.436 e. The van der Waals surface area contributed by atoms with Gasteiger partial charge in [-0.3, -0.25) is 4.79 Å². The lowest BCUT2D eigenvalue weighted by atomic mass is 9.97. The Labute approximate surface area is 95.6 Å². The first-order valence-electron chi connectivity index (χ1n) is 5.84. The van der Waals surface area contributed by atoms with Gasteiger partial charge in [-0.25, -0.2) is 4.98 Å². The minimum absolute atomic E-state index is 0.0275. The van der Waals surface area contributed by atoms with E-state index in [4.69, 9.17) is 4.42 Å². The molecule has 1 aliphatic rings. The van der Waals surface area contributed by atoms with Crippen molar-refractivity contribution in [3.8, 4) is 0 Å². The van der Waals surface area contributed by atoms with Crippen LogP contribution >= 0.6 is 0 Å². The van der Waals surface area contributed by atoms with E-state index in [0.717, 1.165) is 12.8 Å². The molecule has 0 N–H and O–H groups in total. The molecular formula is C12H18N2O2. The first-order valence-corrected chi connectivity index (χ1v) is 5.84. The maximum atomic E-state index is 12.2. The maximum Gasteiger partial charge on any atom is 0.291 e. The monoisotopic (exact) mass is 222 g/mol. The van der Waals surface area contributed by atoms with E-state index in [1.165, 1.54) is 12.6 Å². The number of aryl methyl sites for hydroxylation is 1. The van der Waals surface area contributed by atoms with Crippen molar-refractivity contribution in [2.24, 2.45) is 0 Å². The molecule has 1 aromatic rings. The minimum atomic E-state index is -0.0275. The van der Waals surface area contributed by atoms with Crippen molar-refractivity contribution in [2.45, 2.75) is 52.1 Å². The zero-order valence-corrected chi connectivity index (χ0v) is 10.1. The van der Waals surface area contributed by atoms with E-state index in [1.807, 2.05) is 4.90 Å². The highest BCUT2D eigenvalue weighted by Gasteiger charge is 2.31. The lowest BCUT2D eigenvalue weighted by Gasteiger charge is -2.38. The van der Waals surface area contributed by atoms with Gasteiger partial charge in [0, 0.05) is 19.0 Å². The Morgan fingerprint density at radius 2 is 2.06 bits per heavy atom. The van der Waals surface area contributed by atoms with Crippen LogP contribution in [0.15, 0.2) is 10.6 Å². The van der Waals surface area contributed by atoms with Gasteiger partial charge in [-0.1, -0.05) is 0 Å². The van der Waals surface area contributed by atoms with Crippen molar-refractivity contribution in [2.75, 3.05) is 0 Å². The third-order valence-corrected chi connectivity index (χ3v) is 3.26.